The molecule has 15 heavy (non-hydrogen) atoms. The maximum atomic E-state index is 10.4. The Kier molecular flexibility index (Phi) is 4.76. The van der Waals surface area contributed by atoms with E-state index in [-0.39, 0.29) is 12.7 Å². The monoisotopic (exact) mass is 336 g/mol. The van der Waals surface area contributed by atoms with Crippen LogP contribution in [0.5, 0.6) is 0 Å². The van der Waals surface area contributed by atoms with Crippen LogP contribution in [0.15, 0.2) is 27.1 Å². The van der Waals surface area contributed by atoms with Gasteiger partial charge in [-0.15, -0.1) is 0 Å². The van der Waals surface area contributed by atoms with Crippen molar-refractivity contribution in [3.8, 4) is 0 Å². The van der Waals surface area contributed by atoms with Crippen LogP contribution in [0.25, 0.3) is 0 Å². The highest BCUT2D eigenvalue weighted by molar-refractivity contribution is 9.11. The molecule has 0 radical (unpaired) electrons. The number of halogens is 2. The maximum Gasteiger partial charge on any atom is 0.329 e. The molecule has 0 amide bonds. The highest BCUT2D eigenvalue weighted by atomic mass is 79.9. The zero-order chi connectivity index (χ0) is 11.4. The summed E-state index contributed by atoms with van der Waals surface area (Å²) in [5.41, 5.74) is 0.916. The molecule has 1 atom stereocenters. The first-order chi connectivity index (χ1) is 7.02. The SMILES string of the molecule is CC(OCC(=O)O)c1c(Br)cccc1Br. The van der Waals surface area contributed by atoms with E-state index in [0.29, 0.717) is 0 Å². The van der Waals surface area contributed by atoms with Gasteiger partial charge in [0.25, 0.3) is 0 Å². The summed E-state index contributed by atoms with van der Waals surface area (Å²) in [5, 5.41) is 8.50. The normalized spacial score (nSPS) is 12.5. The maximum absolute atomic E-state index is 10.4. The fourth-order valence-corrected chi connectivity index (χ4v) is 2.82. The van der Waals surface area contributed by atoms with Crippen molar-refractivity contribution in [3.63, 3.8) is 0 Å². The molecule has 0 saturated carbocycles. The molecule has 82 valence electrons. The van der Waals surface area contributed by atoms with E-state index in [0.717, 1.165) is 14.5 Å². The van der Waals surface area contributed by atoms with Crippen LogP contribution in [0.1, 0.15) is 18.6 Å². The first-order valence-corrected chi connectivity index (χ1v) is 5.88. The summed E-state index contributed by atoms with van der Waals surface area (Å²) >= 11 is 6.79. The van der Waals surface area contributed by atoms with Gasteiger partial charge in [-0.25, -0.2) is 4.79 Å². The lowest BCUT2D eigenvalue weighted by Crippen LogP contribution is -2.10. The molecule has 5 heteroatoms. The highest BCUT2D eigenvalue weighted by Crippen LogP contribution is 2.32. The molecule has 1 rings (SSSR count). The van der Waals surface area contributed by atoms with Gasteiger partial charge in [-0.2, -0.15) is 0 Å². The smallest absolute Gasteiger partial charge is 0.329 e. The van der Waals surface area contributed by atoms with Gasteiger partial charge < -0.3 is 9.84 Å². The Morgan fingerprint density at radius 1 is 1.47 bits per heavy atom. The number of carboxylic acids is 1. The van der Waals surface area contributed by atoms with E-state index in [9.17, 15) is 4.79 Å². The molecule has 0 aliphatic rings. The Morgan fingerprint density at radius 3 is 2.47 bits per heavy atom. The Morgan fingerprint density at radius 2 is 2.00 bits per heavy atom. The molecule has 0 aliphatic heterocycles. The minimum atomic E-state index is -0.968. The van der Waals surface area contributed by atoms with Gasteiger partial charge in [0, 0.05) is 14.5 Å². The van der Waals surface area contributed by atoms with Gasteiger partial charge in [-0.1, -0.05) is 37.9 Å². The summed E-state index contributed by atoms with van der Waals surface area (Å²) in [6, 6.07) is 5.67. The summed E-state index contributed by atoms with van der Waals surface area (Å²) < 4.78 is 6.99. The first-order valence-electron chi connectivity index (χ1n) is 4.29. The molecule has 0 heterocycles. The predicted octanol–water partition coefficient (Wildman–Crippen LogP) is 3.37. The lowest BCUT2D eigenvalue weighted by molar-refractivity contribution is -0.144. The van der Waals surface area contributed by atoms with Crippen molar-refractivity contribution in [1.82, 2.24) is 0 Å². The van der Waals surface area contributed by atoms with E-state index in [1.54, 1.807) is 0 Å². The van der Waals surface area contributed by atoms with Crippen LogP contribution in [0.2, 0.25) is 0 Å². The minimum Gasteiger partial charge on any atom is -0.480 e. The summed E-state index contributed by atoms with van der Waals surface area (Å²) in [6.07, 6.45) is -0.272. The van der Waals surface area contributed by atoms with E-state index in [4.69, 9.17) is 9.84 Å². The molecule has 1 aromatic carbocycles. The molecule has 0 saturated heterocycles. The molecular formula is C10H10Br2O3. The summed E-state index contributed by atoms with van der Waals surface area (Å²) in [4.78, 5) is 10.4. The number of carbonyl (C=O) groups is 1. The van der Waals surface area contributed by atoms with Gasteiger partial charge in [-0.05, 0) is 19.1 Å². The lowest BCUT2D eigenvalue weighted by atomic mass is 10.1. The van der Waals surface area contributed by atoms with E-state index in [1.807, 2.05) is 25.1 Å². The number of rotatable bonds is 4. The Labute approximate surface area is 105 Å². The Hall–Kier alpha value is -0.390. The van der Waals surface area contributed by atoms with Gasteiger partial charge in [0.1, 0.15) is 6.61 Å². The predicted molar refractivity (Wildman–Crippen MR) is 63.8 cm³/mol. The number of benzene rings is 1. The van der Waals surface area contributed by atoms with Gasteiger partial charge in [0.05, 0.1) is 6.10 Å². The van der Waals surface area contributed by atoms with E-state index < -0.39 is 5.97 Å². The third-order valence-electron chi connectivity index (χ3n) is 1.86. The van der Waals surface area contributed by atoms with Crippen LogP contribution in [0.4, 0.5) is 0 Å². The molecule has 1 N–H and O–H groups in total. The molecule has 3 nitrogen and oxygen atoms in total. The standard InChI is InChI=1S/C10H10Br2O3/c1-6(15-5-9(13)14)10-7(11)3-2-4-8(10)12/h2-4,6H,5H2,1H3,(H,13,14). The van der Waals surface area contributed by atoms with Gasteiger partial charge in [-0.3, -0.25) is 0 Å². The first kappa shape index (κ1) is 12.7. The molecule has 0 aromatic heterocycles. The van der Waals surface area contributed by atoms with Crippen molar-refractivity contribution in [3.05, 3.63) is 32.7 Å². The fraction of sp³-hybridized carbons (Fsp3) is 0.300. The van der Waals surface area contributed by atoms with Crippen molar-refractivity contribution < 1.29 is 14.6 Å². The quantitative estimate of drug-likeness (QED) is 0.916. The number of aliphatic carboxylic acids is 1. The van der Waals surface area contributed by atoms with Gasteiger partial charge >= 0.3 is 5.97 Å². The molecule has 0 aliphatic carbocycles. The van der Waals surface area contributed by atoms with Crippen molar-refractivity contribution >= 4 is 37.8 Å². The van der Waals surface area contributed by atoms with Crippen molar-refractivity contribution in [2.45, 2.75) is 13.0 Å². The summed E-state index contributed by atoms with van der Waals surface area (Å²) in [6.45, 7) is 1.52. The van der Waals surface area contributed by atoms with Gasteiger partial charge in [0.15, 0.2) is 0 Å². The number of carboxylic acid groups (broad SMARTS) is 1. The molecular weight excluding hydrogens is 328 g/mol. The van der Waals surface area contributed by atoms with Gasteiger partial charge in [0.2, 0.25) is 0 Å². The molecule has 0 spiro atoms. The van der Waals surface area contributed by atoms with Crippen molar-refractivity contribution in [2.75, 3.05) is 6.61 Å². The van der Waals surface area contributed by atoms with Crippen LogP contribution < -0.4 is 0 Å². The fourth-order valence-electron chi connectivity index (χ4n) is 1.18. The Balaban J connectivity index is 2.81. The van der Waals surface area contributed by atoms with Crippen LogP contribution in [0, 0.1) is 0 Å². The third kappa shape index (κ3) is 3.59. The average Bonchev–Trinajstić information content (AvgIpc) is 2.14. The van der Waals surface area contributed by atoms with Crippen molar-refractivity contribution in [1.29, 1.82) is 0 Å². The number of hydrogen-bond acceptors (Lipinski definition) is 2. The topological polar surface area (TPSA) is 46.5 Å². The second kappa shape index (κ2) is 5.63. The van der Waals surface area contributed by atoms with Crippen LogP contribution in [-0.2, 0) is 9.53 Å². The van der Waals surface area contributed by atoms with E-state index >= 15 is 0 Å². The summed E-state index contributed by atoms with van der Waals surface area (Å²) in [5.74, 6) is -0.968. The highest BCUT2D eigenvalue weighted by Gasteiger charge is 2.14. The Bertz CT molecular complexity index is 345. The molecule has 0 fully saturated rings. The van der Waals surface area contributed by atoms with Crippen LogP contribution >= 0.6 is 31.9 Å². The van der Waals surface area contributed by atoms with E-state index in [2.05, 4.69) is 31.9 Å². The number of ether oxygens (including phenoxy) is 1. The molecule has 1 unspecified atom stereocenters. The van der Waals surface area contributed by atoms with Crippen molar-refractivity contribution in [2.24, 2.45) is 0 Å². The number of hydrogen-bond donors (Lipinski definition) is 1. The van der Waals surface area contributed by atoms with E-state index in [1.165, 1.54) is 0 Å². The second-order valence-electron chi connectivity index (χ2n) is 2.98. The second-order valence-corrected chi connectivity index (χ2v) is 4.69. The largest absolute Gasteiger partial charge is 0.480 e. The van der Waals surface area contributed by atoms with Crippen LogP contribution in [0.3, 0.4) is 0 Å². The van der Waals surface area contributed by atoms with Crippen LogP contribution in [-0.4, -0.2) is 17.7 Å². The average molecular weight is 338 g/mol. The zero-order valence-electron chi connectivity index (χ0n) is 8.04. The third-order valence-corrected chi connectivity index (χ3v) is 3.25. The molecule has 1 aromatic rings. The lowest BCUT2D eigenvalue weighted by Gasteiger charge is -2.15. The molecule has 0 bridgehead atoms. The minimum absolute atomic E-state index is 0.272. The summed E-state index contributed by atoms with van der Waals surface area (Å²) in [7, 11) is 0. The zero-order valence-corrected chi connectivity index (χ0v) is 11.2.